The fourth-order valence-electron chi connectivity index (χ4n) is 2.12. The van der Waals surface area contributed by atoms with E-state index in [1.807, 2.05) is 24.3 Å². The summed E-state index contributed by atoms with van der Waals surface area (Å²) < 4.78 is 0. The Morgan fingerprint density at radius 1 is 1.30 bits per heavy atom. The highest BCUT2D eigenvalue weighted by atomic mass is 32.1. The monoisotopic (exact) mass is 285 g/mol. The van der Waals surface area contributed by atoms with Crippen molar-refractivity contribution in [2.24, 2.45) is 0 Å². The Kier molecular flexibility index (Phi) is 5.31. The molecule has 3 nitrogen and oxygen atoms in total. The zero-order chi connectivity index (χ0) is 14.4. The lowest BCUT2D eigenvalue weighted by atomic mass is 10.1. The van der Waals surface area contributed by atoms with Crippen LogP contribution in [0, 0.1) is 11.3 Å². The summed E-state index contributed by atoms with van der Waals surface area (Å²) in [6.07, 6.45) is 0. The SMILES string of the molecule is CN(C)C(CNCc1cccc(C#N)c1)c1cccs1. The molecule has 0 saturated heterocycles. The molecular weight excluding hydrogens is 266 g/mol. The van der Waals surface area contributed by atoms with E-state index in [1.165, 1.54) is 4.88 Å². The molecule has 1 heterocycles. The van der Waals surface area contributed by atoms with Gasteiger partial charge in [-0.2, -0.15) is 5.26 Å². The van der Waals surface area contributed by atoms with Crippen LogP contribution < -0.4 is 5.32 Å². The van der Waals surface area contributed by atoms with Gasteiger partial charge in [-0.1, -0.05) is 18.2 Å². The minimum atomic E-state index is 0.383. The number of benzene rings is 1. The standard InChI is InChI=1S/C16H19N3S/c1-19(2)15(16-7-4-8-20-16)12-18-11-14-6-3-5-13(9-14)10-17/h3-9,15,18H,11-12H2,1-2H3. The van der Waals surface area contributed by atoms with Crippen LogP contribution in [-0.4, -0.2) is 25.5 Å². The van der Waals surface area contributed by atoms with Crippen molar-refractivity contribution in [1.82, 2.24) is 10.2 Å². The topological polar surface area (TPSA) is 39.1 Å². The lowest BCUT2D eigenvalue weighted by Gasteiger charge is -2.23. The summed E-state index contributed by atoms with van der Waals surface area (Å²) in [4.78, 5) is 3.60. The maximum absolute atomic E-state index is 8.90. The van der Waals surface area contributed by atoms with Crippen molar-refractivity contribution in [3.05, 3.63) is 57.8 Å². The van der Waals surface area contributed by atoms with Crippen LogP contribution in [0.5, 0.6) is 0 Å². The lowest BCUT2D eigenvalue weighted by Crippen LogP contribution is -2.30. The number of likely N-dealkylation sites (N-methyl/N-ethyl adjacent to an activating group) is 1. The van der Waals surface area contributed by atoms with Gasteiger partial charge in [-0.15, -0.1) is 11.3 Å². The molecule has 0 aliphatic heterocycles. The van der Waals surface area contributed by atoms with E-state index in [9.17, 15) is 0 Å². The third-order valence-electron chi connectivity index (χ3n) is 3.22. The Morgan fingerprint density at radius 3 is 2.80 bits per heavy atom. The van der Waals surface area contributed by atoms with E-state index in [-0.39, 0.29) is 0 Å². The summed E-state index contributed by atoms with van der Waals surface area (Å²) in [5.74, 6) is 0. The highest BCUT2D eigenvalue weighted by Gasteiger charge is 2.14. The Morgan fingerprint density at radius 2 is 2.15 bits per heavy atom. The third-order valence-corrected chi connectivity index (χ3v) is 4.19. The lowest BCUT2D eigenvalue weighted by molar-refractivity contribution is 0.292. The Labute approximate surface area is 124 Å². The molecule has 0 aliphatic carbocycles. The first-order valence-electron chi connectivity index (χ1n) is 6.60. The fourth-order valence-corrected chi connectivity index (χ4v) is 3.05. The number of nitriles is 1. The first-order valence-corrected chi connectivity index (χ1v) is 7.48. The molecule has 20 heavy (non-hydrogen) atoms. The van der Waals surface area contributed by atoms with Crippen LogP contribution in [0.25, 0.3) is 0 Å². The summed E-state index contributed by atoms with van der Waals surface area (Å²) in [6, 6.07) is 14.6. The molecule has 1 aromatic heterocycles. The van der Waals surface area contributed by atoms with Crippen LogP contribution >= 0.6 is 11.3 Å². The summed E-state index contributed by atoms with van der Waals surface area (Å²) in [5, 5.41) is 14.5. The van der Waals surface area contributed by atoms with Crippen molar-refractivity contribution in [2.75, 3.05) is 20.6 Å². The average molecular weight is 285 g/mol. The number of nitrogens with zero attached hydrogens (tertiary/aromatic N) is 2. The molecule has 2 rings (SSSR count). The molecule has 0 spiro atoms. The number of thiophene rings is 1. The summed E-state index contributed by atoms with van der Waals surface area (Å²) in [5.41, 5.74) is 1.86. The predicted octanol–water partition coefficient (Wildman–Crippen LogP) is 3.01. The zero-order valence-corrected chi connectivity index (χ0v) is 12.7. The molecule has 1 N–H and O–H groups in total. The quantitative estimate of drug-likeness (QED) is 0.886. The van der Waals surface area contributed by atoms with Crippen LogP contribution in [0.2, 0.25) is 0 Å². The van der Waals surface area contributed by atoms with E-state index in [0.717, 1.165) is 18.7 Å². The molecule has 0 amide bonds. The van der Waals surface area contributed by atoms with Gasteiger partial charge in [-0.05, 0) is 43.2 Å². The maximum Gasteiger partial charge on any atom is 0.0991 e. The van der Waals surface area contributed by atoms with Crippen molar-refractivity contribution in [3.63, 3.8) is 0 Å². The van der Waals surface area contributed by atoms with Crippen LogP contribution in [0.15, 0.2) is 41.8 Å². The molecule has 0 radical (unpaired) electrons. The van der Waals surface area contributed by atoms with Crippen molar-refractivity contribution in [3.8, 4) is 6.07 Å². The smallest absolute Gasteiger partial charge is 0.0991 e. The Hall–Kier alpha value is -1.67. The van der Waals surface area contributed by atoms with Gasteiger partial charge in [0, 0.05) is 18.0 Å². The van der Waals surface area contributed by atoms with Gasteiger partial charge in [-0.25, -0.2) is 0 Å². The van der Waals surface area contributed by atoms with E-state index < -0.39 is 0 Å². The van der Waals surface area contributed by atoms with E-state index in [4.69, 9.17) is 5.26 Å². The van der Waals surface area contributed by atoms with Crippen LogP contribution in [0.1, 0.15) is 22.0 Å². The molecule has 0 saturated carbocycles. The second-order valence-electron chi connectivity index (χ2n) is 4.94. The Balaban J connectivity index is 1.92. The minimum absolute atomic E-state index is 0.383. The molecule has 0 bridgehead atoms. The number of hydrogen-bond donors (Lipinski definition) is 1. The van der Waals surface area contributed by atoms with E-state index in [1.54, 1.807) is 11.3 Å². The van der Waals surface area contributed by atoms with Crippen molar-refractivity contribution in [2.45, 2.75) is 12.6 Å². The molecule has 1 atom stereocenters. The largest absolute Gasteiger partial charge is 0.311 e. The Bertz CT molecular complexity index is 570. The van der Waals surface area contributed by atoms with Gasteiger partial charge < -0.3 is 10.2 Å². The van der Waals surface area contributed by atoms with Gasteiger partial charge in [-0.3, -0.25) is 0 Å². The van der Waals surface area contributed by atoms with Gasteiger partial charge in [0.2, 0.25) is 0 Å². The first kappa shape index (κ1) is 14.7. The van der Waals surface area contributed by atoms with Crippen LogP contribution in [0.3, 0.4) is 0 Å². The van der Waals surface area contributed by atoms with E-state index >= 15 is 0 Å². The number of nitrogens with one attached hydrogen (secondary N) is 1. The van der Waals surface area contributed by atoms with Crippen LogP contribution in [-0.2, 0) is 6.54 Å². The van der Waals surface area contributed by atoms with Crippen molar-refractivity contribution < 1.29 is 0 Å². The predicted molar refractivity (Wildman–Crippen MR) is 83.6 cm³/mol. The van der Waals surface area contributed by atoms with Gasteiger partial charge in [0.1, 0.15) is 0 Å². The van der Waals surface area contributed by atoms with Gasteiger partial charge in [0.25, 0.3) is 0 Å². The summed E-state index contributed by atoms with van der Waals surface area (Å²) in [7, 11) is 4.20. The summed E-state index contributed by atoms with van der Waals surface area (Å²) >= 11 is 1.79. The van der Waals surface area contributed by atoms with Gasteiger partial charge >= 0.3 is 0 Å². The number of hydrogen-bond acceptors (Lipinski definition) is 4. The molecule has 1 aromatic carbocycles. The fraction of sp³-hybridized carbons (Fsp3) is 0.312. The molecule has 2 aromatic rings. The number of rotatable bonds is 6. The molecule has 4 heteroatoms. The van der Waals surface area contributed by atoms with Crippen molar-refractivity contribution >= 4 is 11.3 Å². The van der Waals surface area contributed by atoms with Crippen molar-refractivity contribution in [1.29, 1.82) is 5.26 Å². The summed E-state index contributed by atoms with van der Waals surface area (Å²) in [6.45, 7) is 1.68. The van der Waals surface area contributed by atoms with Gasteiger partial charge in [0.15, 0.2) is 0 Å². The normalized spacial score (nSPS) is 12.3. The third kappa shape index (κ3) is 3.91. The molecular formula is C16H19N3S. The van der Waals surface area contributed by atoms with Gasteiger partial charge in [0.05, 0.1) is 17.7 Å². The van der Waals surface area contributed by atoms with Crippen LogP contribution in [0.4, 0.5) is 0 Å². The maximum atomic E-state index is 8.90. The molecule has 1 unspecified atom stereocenters. The molecule has 0 aliphatic rings. The first-order chi connectivity index (χ1) is 9.70. The highest BCUT2D eigenvalue weighted by Crippen LogP contribution is 2.22. The second kappa shape index (κ2) is 7.20. The van der Waals surface area contributed by atoms with E-state index in [0.29, 0.717) is 11.6 Å². The van der Waals surface area contributed by atoms with E-state index in [2.05, 4.69) is 47.9 Å². The second-order valence-corrected chi connectivity index (χ2v) is 5.92. The highest BCUT2D eigenvalue weighted by molar-refractivity contribution is 7.10. The zero-order valence-electron chi connectivity index (χ0n) is 11.8. The average Bonchev–Trinajstić information content (AvgIpc) is 2.97. The molecule has 104 valence electrons. The molecule has 0 fully saturated rings. The minimum Gasteiger partial charge on any atom is -0.311 e.